The molecule has 104 valence electrons. The van der Waals surface area contributed by atoms with Crippen molar-refractivity contribution in [3.05, 3.63) is 54.6 Å². The maximum atomic E-state index is 9.86. The van der Waals surface area contributed by atoms with Crippen molar-refractivity contribution in [3.8, 4) is 0 Å². The van der Waals surface area contributed by atoms with Crippen LogP contribution in [0.5, 0.6) is 0 Å². The smallest absolute Gasteiger partial charge is 0.313 e. The molecule has 0 atom stereocenters. The van der Waals surface area contributed by atoms with Gasteiger partial charge in [0.25, 0.3) is 0 Å². The Balaban J connectivity index is 2.10. The van der Waals surface area contributed by atoms with E-state index < -0.39 is 0 Å². The first-order valence-corrected chi connectivity index (χ1v) is 7.22. The van der Waals surface area contributed by atoms with E-state index in [1.807, 2.05) is 48.5 Å². The Morgan fingerprint density at radius 2 is 1.18 bits per heavy atom. The largest absolute Gasteiger partial charge is 0.456 e. The van der Waals surface area contributed by atoms with Gasteiger partial charge in [-0.3, -0.25) is 0 Å². The van der Waals surface area contributed by atoms with Crippen LogP contribution in [0.25, 0.3) is 43.9 Å². The Kier molecular flexibility index (Phi) is 2.24. The summed E-state index contributed by atoms with van der Waals surface area (Å²) in [6, 6.07) is 17.9. The summed E-state index contributed by atoms with van der Waals surface area (Å²) in [7, 11) is -0.118. The molecule has 0 aliphatic heterocycles. The van der Waals surface area contributed by atoms with E-state index in [9.17, 15) is 5.02 Å². The van der Waals surface area contributed by atoms with E-state index >= 15 is 0 Å². The lowest BCUT2D eigenvalue weighted by Crippen LogP contribution is -2.14. The Morgan fingerprint density at radius 1 is 0.682 bits per heavy atom. The lowest BCUT2D eigenvalue weighted by atomic mass is 9.85. The molecule has 0 spiro atoms. The summed E-state index contributed by atoms with van der Waals surface area (Å²) in [6.07, 6.45) is 0. The summed E-state index contributed by atoms with van der Waals surface area (Å²) >= 11 is 0. The highest BCUT2D eigenvalue weighted by Crippen LogP contribution is 2.34. The number of benzene rings is 3. The van der Waals surface area contributed by atoms with Crippen LogP contribution in [0.1, 0.15) is 0 Å². The Labute approximate surface area is 126 Å². The molecule has 0 radical (unpaired) electrons. The lowest BCUT2D eigenvalue weighted by Gasteiger charge is -1.98. The number of para-hydroxylation sites is 2. The minimum atomic E-state index is -0.118. The highest BCUT2D eigenvalue weighted by molar-refractivity contribution is 6.55. The van der Waals surface area contributed by atoms with Crippen LogP contribution in [-0.4, -0.2) is 12.5 Å². The van der Waals surface area contributed by atoms with E-state index in [1.165, 1.54) is 0 Å². The second-order valence-corrected chi connectivity index (χ2v) is 5.46. The summed E-state index contributed by atoms with van der Waals surface area (Å²) in [4.78, 5) is 0. The van der Waals surface area contributed by atoms with Gasteiger partial charge in [-0.25, -0.2) is 0 Å². The fourth-order valence-corrected chi connectivity index (χ4v) is 3.26. The summed E-state index contributed by atoms with van der Waals surface area (Å²) in [5.41, 5.74) is 3.76. The van der Waals surface area contributed by atoms with Gasteiger partial charge in [-0.2, -0.15) is 0 Å². The Bertz CT molecular complexity index is 1080. The first kappa shape index (κ1) is 11.9. The van der Waals surface area contributed by atoms with Gasteiger partial charge in [-0.15, -0.1) is 0 Å². The van der Waals surface area contributed by atoms with Crippen molar-refractivity contribution < 1.29 is 13.9 Å². The van der Waals surface area contributed by atoms with Gasteiger partial charge in [0.2, 0.25) is 0 Å². The monoisotopic (exact) mass is 286 g/mol. The molecule has 5 aromatic rings. The second-order valence-electron chi connectivity index (χ2n) is 5.46. The SMILES string of the molecule is OBc1c2oc3ccccc3c2cc2c1oc1ccccc12. The molecule has 0 amide bonds. The van der Waals surface area contributed by atoms with Crippen molar-refractivity contribution in [1.82, 2.24) is 0 Å². The molecule has 0 bridgehead atoms. The fourth-order valence-electron chi connectivity index (χ4n) is 3.26. The van der Waals surface area contributed by atoms with Crippen LogP contribution in [0.3, 0.4) is 0 Å². The quantitative estimate of drug-likeness (QED) is 0.480. The molecule has 0 aliphatic rings. The van der Waals surface area contributed by atoms with Crippen molar-refractivity contribution in [1.29, 1.82) is 0 Å². The lowest BCUT2D eigenvalue weighted by molar-refractivity contribution is 0.611. The predicted octanol–water partition coefficient (Wildman–Crippen LogP) is 3.45. The maximum Gasteiger partial charge on any atom is 0.313 e. The van der Waals surface area contributed by atoms with E-state index in [4.69, 9.17) is 8.83 Å². The van der Waals surface area contributed by atoms with Crippen LogP contribution in [-0.2, 0) is 0 Å². The molecule has 22 heavy (non-hydrogen) atoms. The van der Waals surface area contributed by atoms with Crippen LogP contribution in [0, 0.1) is 0 Å². The van der Waals surface area contributed by atoms with Crippen LogP contribution in [0.4, 0.5) is 0 Å². The van der Waals surface area contributed by atoms with Crippen LogP contribution >= 0.6 is 0 Å². The molecule has 4 heteroatoms. The molecule has 0 aliphatic carbocycles. The van der Waals surface area contributed by atoms with Crippen LogP contribution < -0.4 is 5.46 Å². The number of rotatable bonds is 1. The van der Waals surface area contributed by atoms with Crippen molar-refractivity contribution in [2.75, 3.05) is 0 Å². The summed E-state index contributed by atoms with van der Waals surface area (Å²) in [5, 5.41) is 14.0. The summed E-state index contributed by atoms with van der Waals surface area (Å²) in [6.45, 7) is 0. The van der Waals surface area contributed by atoms with Gasteiger partial charge in [0, 0.05) is 27.0 Å². The van der Waals surface area contributed by atoms with Gasteiger partial charge < -0.3 is 13.9 Å². The molecule has 3 aromatic carbocycles. The molecule has 0 saturated carbocycles. The zero-order valence-electron chi connectivity index (χ0n) is 11.7. The van der Waals surface area contributed by atoms with E-state index in [0.29, 0.717) is 16.6 Å². The van der Waals surface area contributed by atoms with Crippen LogP contribution in [0.15, 0.2) is 63.4 Å². The first-order chi connectivity index (χ1) is 10.9. The molecular weight excluding hydrogens is 275 g/mol. The van der Waals surface area contributed by atoms with Gasteiger partial charge in [0.1, 0.15) is 22.3 Å². The van der Waals surface area contributed by atoms with Gasteiger partial charge in [-0.1, -0.05) is 36.4 Å². The number of hydrogen-bond donors (Lipinski definition) is 1. The van der Waals surface area contributed by atoms with Crippen molar-refractivity contribution >= 4 is 56.8 Å². The topological polar surface area (TPSA) is 46.5 Å². The van der Waals surface area contributed by atoms with Crippen molar-refractivity contribution in [3.63, 3.8) is 0 Å². The van der Waals surface area contributed by atoms with Crippen molar-refractivity contribution in [2.24, 2.45) is 0 Å². The van der Waals surface area contributed by atoms with Gasteiger partial charge in [0.15, 0.2) is 0 Å². The molecule has 0 saturated heterocycles. The highest BCUT2D eigenvalue weighted by atomic mass is 16.3. The predicted molar refractivity (Wildman–Crippen MR) is 90.0 cm³/mol. The molecule has 1 N–H and O–H groups in total. The third kappa shape index (κ3) is 1.40. The van der Waals surface area contributed by atoms with Crippen LogP contribution in [0.2, 0.25) is 0 Å². The molecule has 5 rings (SSSR count). The number of hydrogen-bond acceptors (Lipinski definition) is 3. The fraction of sp³-hybridized carbons (Fsp3) is 0. The molecule has 2 heterocycles. The average molecular weight is 286 g/mol. The third-order valence-electron chi connectivity index (χ3n) is 4.26. The average Bonchev–Trinajstić information content (AvgIpc) is 3.11. The van der Waals surface area contributed by atoms with E-state index in [-0.39, 0.29) is 7.48 Å². The standard InChI is InChI=1S/C18H11BO3/c20-19-16-17-12(10-5-1-3-7-14(10)21-17)9-13-11-6-2-4-8-15(11)22-18(13)16/h1-9,19-20H. The van der Waals surface area contributed by atoms with E-state index in [1.54, 1.807) is 0 Å². The van der Waals surface area contributed by atoms with Gasteiger partial charge in [0.05, 0.1) is 0 Å². The normalized spacial score (nSPS) is 11.9. The zero-order chi connectivity index (χ0) is 14.7. The Morgan fingerprint density at radius 3 is 1.68 bits per heavy atom. The van der Waals surface area contributed by atoms with Crippen molar-refractivity contribution in [2.45, 2.75) is 0 Å². The highest BCUT2D eigenvalue weighted by Gasteiger charge is 2.19. The number of furan rings is 2. The van der Waals surface area contributed by atoms with Gasteiger partial charge in [-0.05, 0) is 18.2 Å². The summed E-state index contributed by atoms with van der Waals surface area (Å²) in [5.74, 6) is 0. The molecular formula is C18H11BO3. The maximum absolute atomic E-state index is 9.86. The van der Waals surface area contributed by atoms with E-state index in [0.717, 1.165) is 32.7 Å². The zero-order valence-corrected chi connectivity index (χ0v) is 11.7. The minimum Gasteiger partial charge on any atom is -0.456 e. The summed E-state index contributed by atoms with van der Waals surface area (Å²) < 4.78 is 11.9. The third-order valence-corrected chi connectivity index (χ3v) is 4.26. The first-order valence-electron chi connectivity index (χ1n) is 7.22. The minimum absolute atomic E-state index is 0.118. The molecule has 0 unspecified atom stereocenters. The molecule has 0 fully saturated rings. The second kappa shape index (κ2) is 4.15. The number of fused-ring (bicyclic) bond motifs is 6. The molecule has 3 nitrogen and oxygen atoms in total. The van der Waals surface area contributed by atoms with Gasteiger partial charge >= 0.3 is 7.48 Å². The van der Waals surface area contributed by atoms with E-state index in [2.05, 4.69) is 6.07 Å². The Hall–Kier alpha value is -2.72. The molecule has 2 aromatic heterocycles.